The van der Waals surface area contributed by atoms with Crippen molar-refractivity contribution in [2.75, 3.05) is 31.1 Å². The summed E-state index contributed by atoms with van der Waals surface area (Å²) in [5, 5.41) is 3.33. The van der Waals surface area contributed by atoms with Crippen molar-refractivity contribution in [1.82, 2.24) is 15.3 Å². The normalized spacial score (nSPS) is 14.3. The summed E-state index contributed by atoms with van der Waals surface area (Å²) in [6.45, 7) is 3.82. The van der Waals surface area contributed by atoms with Gasteiger partial charge in [-0.2, -0.15) is 0 Å². The van der Waals surface area contributed by atoms with Crippen LogP contribution in [-0.2, 0) is 0 Å². The van der Waals surface area contributed by atoms with Gasteiger partial charge < -0.3 is 15.0 Å². The Morgan fingerprint density at radius 1 is 0.962 bits per heavy atom. The molecule has 26 heavy (non-hydrogen) atoms. The van der Waals surface area contributed by atoms with Gasteiger partial charge in [-0.3, -0.25) is 4.98 Å². The fraction of sp³-hybridized carbons (Fsp3) is 0.200. The van der Waals surface area contributed by atoms with Gasteiger partial charge in [-0.15, -0.1) is 0 Å². The van der Waals surface area contributed by atoms with E-state index in [1.165, 1.54) is 6.07 Å². The van der Waals surface area contributed by atoms with Crippen molar-refractivity contribution < 1.29 is 9.13 Å². The maximum atomic E-state index is 13.9. The van der Waals surface area contributed by atoms with Crippen molar-refractivity contribution in [2.45, 2.75) is 0 Å². The van der Waals surface area contributed by atoms with Crippen LogP contribution >= 0.6 is 0 Å². The Morgan fingerprint density at radius 3 is 2.58 bits per heavy atom. The number of ether oxygens (including phenoxy) is 1. The van der Waals surface area contributed by atoms with Crippen LogP contribution in [0.3, 0.4) is 0 Å². The zero-order valence-corrected chi connectivity index (χ0v) is 14.2. The third kappa shape index (κ3) is 3.50. The summed E-state index contributed by atoms with van der Waals surface area (Å²) in [5.74, 6) is 1.28. The highest BCUT2D eigenvalue weighted by Gasteiger charge is 2.14. The molecule has 1 aliphatic heterocycles. The van der Waals surface area contributed by atoms with Crippen LogP contribution in [-0.4, -0.2) is 36.1 Å². The molecule has 1 N–H and O–H groups in total. The number of nitrogens with zero attached hydrogens (tertiary/aromatic N) is 3. The number of anilines is 1. The van der Waals surface area contributed by atoms with Gasteiger partial charge in [-0.1, -0.05) is 12.1 Å². The third-order valence-electron chi connectivity index (χ3n) is 4.34. The number of pyridine rings is 2. The average Bonchev–Trinajstić information content (AvgIpc) is 2.71. The number of para-hydroxylation sites is 1. The molecule has 1 saturated heterocycles. The van der Waals surface area contributed by atoms with Crippen LogP contribution in [0.4, 0.5) is 10.2 Å². The fourth-order valence-corrected chi connectivity index (χ4v) is 2.96. The highest BCUT2D eigenvalue weighted by Crippen LogP contribution is 2.33. The van der Waals surface area contributed by atoms with Crippen LogP contribution in [0, 0.1) is 5.82 Å². The number of piperazine rings is 1. The van der Waals surface area contributed by atoms with E-state index in [0.717, 1.165) is 43.1 Å². The van der Waals surface area contributed by atoms with Crippen LogP contribution in [0.25, 0.3) is 11.1 Å². The Balaban J connectivity index is 1.61. The lowest BCUT2D eigenvalue weighted by atomic mass is 10.1. The first kappa shape index (κ1) is 16.5. The summed E-state index contributed by atoms with van der Waals surface area (Å²) in [7, 11) is 0. The quantitative estimate of drug-likeness (QED) is 0.781. The van der Waals surface area contributed by atoms with Crippen molar-refractivity contribution in [3.63, 3.8) is 0 Å². The van der Waals surface area contributed by atoms with E-state index >= 15 is 0 Å². The van der Waals surface area contributed by atoms with E-state index in [4.69, 9.17) is 4.74 Å². The fourth-order valence-electron chi connectivity index (χ4n) is 2.96. The summed E-state index contributed by atoms with van der Waals surface area (Å²) in [4.78, 5) is 11.0. The third-order valence-corrected chi connectivity index (χ3v) is 4.34. The second-order valence-electron chi connectivity index (χ2n) is 6.05. The number of hydrogen-bond donors (Lipinski definition) is 1. The highest BCUT2D eigenvalue weighted by molar-refractivity contribution is 5.70. The summed E-state index contributed by atoms with van der Waals surface area (Å²) in [6.07, 6.45) is 5.14. The lowest BCUT2D eigenvalue weighted by Crippen LogP contribution is -2.43. The van der Waals surface area contributed by atoms with Gasteiger partial charge in [-0.05, 0) is 30.3 Å². The molecule has 2 aromatic heterocycles. The van der Waals surface area contributed by atoms with Gasteiger partial charge in [0.15, 0.2) is 11.6 Å². The molecule has 0 unspecified atom stereocenters. The second-order valence-corrected chi connectivity index (χ2v) is 6.05. The van der Waals surface area contributed by atoms with Crippen LogP contribution in [0.1, 0.15) is 0 Å². The molecule has 4 rings (SSSR count). The van der Waals surface area contributed by atoms with Crippen LogP contribution in [0.2, 0.25) is 0 Å². The van der Waals surface area contributed by atoms with Crippen molar-refractivity contribution in [3.05, 3.63) is 66.9 Å². The molecule has 6 heteroatoms. The topological polar surface area (TPSA) is 50.3 Å². The monoisotopic (exact) mass is 350 g/mol. The largest absolute Gasteiger partial charge is 0.454 e. The van der Waals surface area contributed by atoms with E-state index in [2.05, 4.69) is 20.2 Å². The predicted molar refractivity (Wildman–Crippen MR) is 99.0 cm³/mol. The van der Waals surface area contributed by atoms with Crippen LogP contribution < -0.4 is 15.0 Å². The van der Waals surface area contributed by atoms with Crippen molar-refractivity contribution in [3.8, 4) is 22.6 Å². The Kier molecular flexibility index (Phi) is 4.75. The number of halogens is 1. The van der Waals surface area contributed by atoms with Gasteiger partial charge in [-0.25, -0.2) is 9.37 Å². The van der Waals surface area contributed by atoms with Crippen molar-refractivity contribution >= 4 is 5.82 Å². The van der Waals surface area contributed by atoms with E-state index in [0.29, 0.717) is 5.75 Å². The molecule has 3 heterocycles. The smallest absolute Gasteiger partial charge is 0.165 e. The minimum atomic E-state index is -0.401. The first-order valence-corrected chi connectivity index (χ1v) is 8.60. The molecule has 0 atom stereocenters. The number of rotatable bonds is 4. The van der Waals surface area contributed by atoms with Gasteiger partial charge in [0.1, 0.15) is 11.6 Å². The Hall–Kier alpha value is -2.99. The molecule has 0 radical (unpaired) electrons. The van der Waals surface area contributed by atoms with E-state index in [9.17, 15) is 4.39 Å². The van der Waals surface area contributed by atoms with Gasteiger partial charge in [0.05, 0.1) is 0 Å². The first-order chi connectivity index (χ1) is 12.8. The lowest BCUT2D eigenvalue weighted by molar-refractivity contribution is 0.443. The predicted octanol–water partition coefficient (Wildman–Crippen LogP) is 3.48. The molecule has 1 aliphatic rings. The molecule has 132 valence electrons. The highest BCUT2D eigenvalue weighted by atomic mass is 19.1. The Morgan fingerprint density at radius 2 is 1.81 bits per heavy atom. The molecular formula is C20H19FN4O. The minimum Gasteiger partial charge on any atom is -0.454 e. The second kappa shape index (κ2) is 7.49. The van der Waals surface area contributed by atoms with Gasteiger partial charge in [0.25, 0.3) is 0 Å². The first-order valence-electron chi connectivity index (χ1n) is 8.60. The average molecular weight is 350 g/mol. The maximum Gasteiger partial charge on any atom is 0.165 e. The summed E-state index contributed by atoms with van der Waals surface area (Å²) in [5.41, 5.74) is 1.65. The molecule has 0 spiro atoms. The molecule has 0 bridgehead atoms. The summed E-state index contributed by atoms with van der Waals surface area (Å²) >= 11 is 0. The molecule has 3 aromatic rings. The van der Waals surface area contributed by atoms with Crippen LogP contribution in [0.5, 0.6) is 11.5 Å². The Bertz CT molecular complexity index is 879. The number of aromatic nitrogens is 2. The van der Waals surface area contributed by atoms with Crippen LogP contribution in [0.15, 0.2) is 61.1 Å². The number of hydrogen-bond acceptors (Lipinski definition) is 5. The molecule has 0 amide bonds. The molecule has 1 fully saturated rings. The molecule has 1 aromatic carbocycles. The van der Waals surface area contributed by atoms with Crippen molar-refractivity contribution in [2.24, 2.45) is 0 Å². The SMILES string of the molecule is Fc1ccccc1Oc1ccncc1-c1ccc(N2CCNCC2)nc1. The number of benzene rings is 1. The molecule has 5 nitrogen and oxygen atoms in total. The zero-order valence-electron chi connectivity index (χ0n) is 14.2. The zero-order chi connectivity index (χ0) is 17.8. The standard InChI is InChI=1S/C20H19FN4O/c21-17-3-1-2-4-19(17)26-18-7-8-23-14-16(18)15-5-6-20(24-13-15)25-11-9-22-10-12-25/h1-8,13-14,22H,9-12H2. The van der Waals surface area contributed by atoms with Gasteiger partial charge in [0, 0.05) is 55.9 Å². The van der Waals surface area contributed by atoms with Gasteiger partial charge in [0.2, 0.25) is 0 Å². The summed E-state index contributed by atoms with van der Waals surface area (Å²) < 4.78 is 19.7. The molecule has 0 aliphatic carbocycles. The van der Waals surface area contributed by atoms with Gasteiger partial charge >= 0.3 is 0 Å². The van der Waals surface area contributed by atoms with E-state index in [-0.39, 0.29) is 5.75 Å². The lowest BCUT2D eigenvalue weighted by Gasteiger charge is -2.28. The molecular weight excluding hydrogens is 331 g/mol. The minimum absolute atomic E-state index is 0.186. The molecule has 0 saturated carbocycles. The maximum absolute atomic E-state index is 13.9. The van der Waals surface area contributed by atoms with Crippen molar-refractivity contribution in [1.29, 1.82) is 0 Å². The Labute approximate surface area is 151 Å². The van der Waals surface area contributed by atoms with E-state index < -0.39 is 5.82 Å². The van der Waals surface area contributed by atoms with E-state index in [1.54, 1.807) is 36.7 Å². The van der Waals surface area contributed by atoms with E-state index in [1.807, 2.05) is 18.3 Å². The summed E-state index contributed by atoms with van der Waals surface area (Å²) in [6, 6.07) is 12.1. The number of nitrogens with one attached hydrogen (secondary N) is 1.